The van der Waals surface area contributed by atoms with Crippen LogP contribution in [0.4, 0.5) is 5.82 Å². The number of rotatable bonds is 3. The van der Waals surface area contributed by atoms with E-state index in [9.17, 15) is 4.79 Å². The van der Waals surface area contributed by atoms with Crippen LogP contribution in [0.5, 0.6) is 0 Å². The molecule has 0 fully saturated rings. The van der Waals surface area contributed by atoms with Crippen molar-refractivity contribution in [3.63, 3.8) is 0 Å². The molecule has 6 nitrogen and oxygen atoms in total. The summed E-state index contributed by atoms with van der Waals surface area (Å²) in [6.07, 6.45) is 6.25. The van der Waals surface area contributed by atoms with Gasteiger partial charge in [-0.15, -0.1) is 0 Å². The molecular weight excluding hydrogens is 280 g/mol. The fourth-order valence-corrected chi connectivity index (χ4v) is 2.16. The summed E-state index contributed by atoms with van der Waals surface area (Å²) in [4.78, 5) is 26.7. The number of hydrogen-bond acceptors (Lipinski definition) is 5. The van der Waals surface area contributed by atoms with Gasteiger partial charge in [0.25, 0.3) is 5.91 Å². The SMILES string of the molecule is Cc1c(C(=O)N(C)c2ccccn2)ccnc1-c1ncco1. The Kier molecular flexibility index (Phi) is 3.65. The second-order valence-corrected chi connectivity index (χ2v) is 4.72. The number of amides is 1. The van der Waals surface area contributed by atoms with Gasteiger partial charge in [0, 0.05) is 25.0 Å². The van der Waals surface area contributed by atoms with Crippen LogP contribution in [-0.4, -0.2) is 27.9 Å². The summed E-state index contributed by atoms with van der Waals surface area (Å²) in [6.45, 7) is 1.83. The maximum atomic E-state index is 12.7. The standard InChI is InChI=1S/C16H14N4O2/c1-11-12(6-8-18-14(11)15-19-9-10-22-15)16(21)20(2)13-5-3-4-7-17-13/h3-10H,1-2H3. The third-order valence-electron chi connectivity index (χ3n) is 3.37. The molecule has 3 aromatic rings. The summed E-state index contributed by atoms with van der Waals surface area (Å²) >= 11 is 0. The molecule has 0 saturated heterocycles. The smallest absolute Gasteiger partial charge is 0.259 e. The summed E-state index contributed by atoms with van der Waals surface area (Å²) in [6, 6.07) is 7.11. The van der Waals surface area contributed by atoms with E-state index < -0.39 is 0 Å². The van der Waals surface area contributed by atoms with E-state index in [0.717, 1.165) is 5.56 Å². The molecule has 3 aromatic heterocycles. The Bertz CT molecular complexity index is 785. The van der Waals surface area contributed by atoms with Crippen LogP contribution in [0.2, 0.25) is 0 Å². The second kappa shape index (κ2) is 5.77. The molecule has 6 heteroatoms. The molecule has 0 atom stereocenters. The molecule has 0 aromatic carbocycles. The van der Waals surface area contributed by atoms with Crippen molar-refractivity contribution in [2.75, 3.05) is 11.9 Å². The lowest BCUT2D eigenvalue weighted by molar-refractivity contribution is 0.0991. The molecule has 0 spiro atoms. The van der Waals surface area contributed by atoms with Crippen molar-refractivity contribution in [3.05, 3.63) is 60.2 Å². The van der Waals surface area contributed by atoms with E-state index in [4.69, 9.17) is 4.42 Å². The number of anilines is 1. The highest BCUT2D eigenvalue weighted by Crippen LogP contribution is 2.23. The Morgan fingerprint density at radius 1 is 1.09 bits per heavy atom. The lowest BCUT2D eigenvalue weighted by Crippen LogP contribution is -2.27. The molecule has 110 valence electrons. The normalized spacial score (nSPS) is 10.5. The second-order valence-electron chi connectivity index (χ2n) is 4.72. The first-order valence-electron chi connectivity index (χ1n) is 6.73. The maximum absolute atomic E-state index is 12.7. The average molecular weight is 294 g/mol. The van der Waals surface area contributed by atoms with Crippen molar-refractivity contribution < 1.29 is 9.21 Å². The van der Waals surface area contributed by atoms with E-state index in [1.807, 2.05) is 13.0 Å². The van der Waals surface area contributed by atoms with Gasteiger partial charge in [0.15, 0.2) is 0 Å². The van der Waals surface area contributed by atoms with Crippen molar-refractivity contribution in [3.8, 4) is 11.6 Å². The van der Waals surface area contributed by atoms with E-state index in [0.29, 0.717) is 23.0 Å². The topological polar surface area (TPSA) is 72.1 Å². The van der Waals surface area contributed by atoms with Gasteiger partial charge in [0.1, 0.15) is 17.8 Å². The van der Waals surface area contributed by atoms with Crippen LogP contribution in [0.25, 0.3) is 11.6 Å². The van der Waals surface area contributed by atoms with Gasteiger partial charge >= 0.3 is 0 Å². The van der Waals surface area contributed by atoms with Crippen molar-refractivity contribution in [1.29, 1.82) is 0 Å². The van der Waals surface area contributed by atoms with Crippen LogP contribution < -0.4 is 4.90 Å². The molecule has 0 radical (unpaired) electrons. The average Bonchev–Trinajstić information content (AvgIpc) is 3.09. The highest BCUT2D eigenvalue weighted by molar-refractivity contribution is 6.06. The molecule has 1 amide bonds. The molecule has 0 aliphatic carbocycles. The molecular formula is C16H14N4O2. The van der Waals surface area contributed by atoms with Gasteiger partial charge in [0.2, 0.25) is 5.89 Å². The minimum atomic E-state index is -0.161. The molecule has 3 heterocycles. The van der Waals surface area contributed by atoms with Crippen LogP contribution in [0.15, 0.2) is 53.5 Å². The van der Waals surface area contributed by atoms with Crippen LogP contribution in [-0.2, 0) is 0 Å². The lowest BCUT2D eigenvalue weighted by atomic mass is 10.1. The molecule has 0 N–H and O–H groups in total. The fourth-order valence-electron chi connectivity index (χ4n) is 2.16. The molecule has 0 aliphatic rings. The zero-order chi connectivity index (χ0) is 15.5. The van der Waals surface area contributed by atoms with Crippen molar-refractivity contribution in [2.24, 2.45) is 0 Å². The minimum Gasteiger partial charge on any atom is -0.443 e. The predicted octanol–water partition coefficient (Wildman–Crippen LogP) is 2.72. The molecule has 0 bridgehead atoms. The summed E-state index contributed by atoms with van der Waals surface area (Å²) in [5.74, 6) is 0.820. The van der Waals surface area contributed by atoms with Crippen LogP contribution in [0, 0.1) is 6.92 Å². The third kappa shape index (κ3) is 2.46. The highest BCUT2D eigenvalue weighted by atomic mass is 16.3. The molecule has 0 saturated carbocycles. The zero-order valence-corrected chi connectivity index (χ0v) is 12.2. The van der Waals surface area contributed by atoms with Crippen molar-refractivity contribution in [1.82, 2.24) is 15.0 Å². The number of nitrogens with zero attached hydrogens (tertiary/aromatic N) is 4. The lowest BCUT2D eigenvalue weighted by Gasteiger charge is -2.17. The predicted molar refractivity (Wildman–Crippen MR) is 81.4 cm³/mol. The van der Waals surface area contributed by atoms with E-state index in [1.54, 1.807) is 43.8 Å². The van der Waals surface area contributed by atoms with Gasteiger partial charge in [-0.2, -0.15) is 0 Å². The Morgan fingerprint density at radius 2 is 1.95 bits per heavy atom. The first kappa shape index (κ1) is 13.9. The quantitative estimate of drug-likeness (QED) is 0.742. The largest absolute Gasteiger partial charge is 0.443 e. The number of pyridine rings is 2. The van der Waals surface area contributed by atoms with Crippen LogP contribution in [0.1, 0.15) is 15.9 Å². The Hall–Kier alpha value is -3.02. The van der Waals surface area contributed by atoms with Gasteiger partial charge in [-0.3, -0.25) is 14.7 Å². The van der Waals surface area contributed by atoms with Gasteiger partial charge in [-0.05, 0) is 30.7 Å². The van der Waals surface area contributed by atoms with Crippen molar-refractivity contribution in [2.45, 2.75) is 6.92 Å². The highest BCUT2D eigenvalue weighted by Gasteiger charge is 2.20. The Balaban J connectivity index is 1.99. The first-order chi connectivity index (χ1) is 10.7. The van der Waals surface area contributed by atoms with Crippen molar-refractivity contribution >= 4 is 11.7 Å². The van der Waals surface area contributed by atoms with E-state index >= 15 is 0 Å². The Morgan fingerprint density at radius 3 is 2.64 bits per heavy atom. The summed E-state index contributed by atoms with van der Waals surface area (Å²) in [5, 5.41) is 0. The number of hydrogen-bond donors (Lipinski definition) is 0. The number of carbonyl (C=O) groups is 1. The summed E-state index contributed by atoms with van der Waals surface area (Å²) < 4.78 is 5.27. The maximum Gasteiger partial charge on any atom is 0.259 e. The van der Waals surface area contributed by atoms with E-state index in [1.165, 1.54) is 11.2 Å². The summed E-state index contributed by atoms with van der Waals surface area (Å²) in [5.41, 5.74) is 1.82. The number of aromatic nitrogens is 3. The number of carbonyl (C=O) groups excluding carboxylic acids is 1. The minimum absolute atomic E-state index is 0.161. The van der Waals surface area contributed by atoms with Crippen LogP contribution >= 0.6 is 0 Å². The molecule has 3 rings (SSSR count). The van der Waals surface area contributed by atoms with Gasteiger partial charge in [-0.1, -0.05) is 6.07 Å². The number of oxazole rings is 1. The zero-order valence-electron chi connectivity index (χ0n) is 12.2. The van der Waals surface area contributed by atoms with Gasteiger partial charge in [-0.25, -0.2) is 9.97 Å². The van der Waals surface area contributed by atoms with E-state index in [2.05, 4.69) is 15.0 Å². The van der Waals surface area contributed by atoms with Gasteiger partial charge in [0.05, 0.1) is 6.20 Å². The molecule has 22 heavy (non-hydrogen) atoms. The monoisotopic (exact) mass is 294 g/mol. The third-order valence-corrected chi connectivity index (χ3v) is 3.37. The van der Waals surface area contributed by atoms with Gasteiger partial charge < -0.3 is 4.42 Å². The van der Waals surface area contributed by atoms with Crippen LogP contribution in [0.3, 0.4) is 0 Å². The first-order valence-corrected chi connectivity index (χ1v) is 6.73. The molecule has 0 aliphatic heterocycles. The fraction of sp³-hybridized carbons (Fsp3) is 0.125. The molecule has 0 unspecified atom stereocenters. The van der Waals surface area contributed by atoms with E-state index in [-0.39, 0.29) is 5.91 Å². The summed E-state index contributed by atoms with van der Waals surface area (Å²) in [7, 11) is 1.69. The Labute approximate surface area is 127 Å².